The van der Waals surface area contributed by atoms with Gasteiger partial charge in [0.2, 0.25) is 5.95 Å². The lowest BCUT2D eigenvalue weighted by Gasteiger charge is -2.43. The van der Waals surface area contributed by atoms with Crippen LogP contribution < -0.4 is 26.2 Å². The molecule has 0 spiro atoms. The summed E-state index contributed by atoms with van der Waals surface area (Å²) >= 11 is 0. The number of fused-ring (bicyclic) bond motifs is 3. The quantitative estimate of drug-likeness (QED) is 0.115. The highest BCUT2D eigenvalue weighted by Gasteiger charge is 2.50. The van der Waals surface area contributed by atoms with Crippen molar-refractivity contribution < 1.29 is 14.3 Å². The molecule has 9 heteroatoms. The van der Waals surface area contributed by atoms with Gasteiger partial charge in [-0.05, 0) is 45.6 Å². The van der Waals surface area contributed by atoms with Gasteiger partial charge in [-0.1, -0.05) is 119 Å². The van der Waals surface area contributed by atoms with E-state index in [1.807, 2.05) is 30.3 Å². The zero-order valence-electron chi connectivity index (χ0n) is 29.1. The lowest BCUT2D eigenvalue weighted by Crippen LogP contribution is -2.67. The maximum Gasteiger partial charge on any atom is 0.261 e. The van der Waals surface area contributed by atoms with Crippen LogP contribution in [0.5, 0.6) is 5.75 Å². The predicted octanol–water partition coefficient (Wildman–Crippen LogP) is 6.87. The normalized spacial score (nSPS) is 12.8. The van der Waals surface area contributed by atoms with Crippen LogP contribution >= 0.6 is 0 Å². The van der Waals surface area contributed by atoms with Crippen molar-refractivity contribution in [3.8, 4) is 5.75 Å². The highest BCUT2D eigenvalue weighted by molar-refractivity contribution is 6.99. The Bertz CT molecular complexity index is 1990. The minimum atomic E-state index is -2.77. The molecule has 0 aliphatic heterocycles. The Balaban J connectivity index is 1.45. The Morgan fingerprint density at radius 1 is 0.898 bits per heavy atom. The first kappa shape index (κ1) is 34.2. The first-order valence-corrected chi connectivity index (χ1v) is 18.9. The molecule has 6 rings (SSSR count). The maximum atomic E-state index is 9.92. The van der Waals surface area contributed by atoms with Gasteiger partial charge < -0.3 is 29.9 Å². The van der Waals surface area contributed by atoms with Crippen molar-refractivity contribution in [2.24, 2.45) is 0 Å². The summed E-state index contributed by atoms with van der Waals surface area (Å²) in [4.78, 5) is 9.59. The summed E-state index contributed by atoms with van der Waals surface area (Å²) < 4.78 is 15.4. The summed E-state index contributed by atoms with van der Waals surface area (Å²) in [6, 6.07) is 35.4. The van der Waals surface area contributed by atoms with Gasteiger partial charge in [0, 0.05) is 17.0 Å². The van der Waals surface area contributed by atoms with Crippen molar-refractivity contribution in [2.75, 3.05) is 24.8 Å². The van der Waals surface area contributed by atoms with E-state index in [0.717, 1.165) is 51.7 Å². The molecule has 1 atom stereocenters. The number of para-hydroxylation sites is 1. The summed E-state index contributed by atoms with van der Waals surface area (Å²) in [6.07, 6.45) is 1.83. The van der Waals surface area contributed by atoms with E-state index >= 15 is 0 Å². The third kappa shape index (κ3) is 6.66. The van der Waals surface area contributed by atoms with Crippen LogP contribution in [0.25, 0.3) is 21.9 Å². The average Bonchev–Trinajstić information content (AvgIpc) is 3.41. The Labute approximate surface area is 290 Å². The number of aliphatic hydroxyl groups excluding tert-OH is 1. The maximum absolute atomic E-state index is 9.92. The largest absolute Gasteiger partial charge is 0.496 e. The number of anilines is 2. The highest BCUT2D eigenvalue weighted by atomic mass is 28.4. The number of ether oxygens (including phenoxy) is 1. The molecule has 0 saturated heterocycles. The third-order valence-corrected chi connectivity index (χ3v) is 14.4. The minimum Gasteiger partial charge on any atom is -0.496 e. The highest BCUT2D eigenvalue weighted by Crippen LogP contribution is 2.38. The molecule has 0 aliphatic carbocycles. The van der Waals surface area contributed by atoms with Crippen LogP contribution in [0, 0.1) is 0 Å². The zero-order chi connectivity index (χ0) is 34.6. The smallest absolute Gasteiger partial charge is 0.261 e. The number of methoxy groups -OCH3 is 1. The molecular weight excluding hydrogens is 627 g/mol. The van der Waals surface area contributed by atoms with Gasteiger partial charge in [0.1, 0.15) is 16.8 Å². The monoisotopic (exact) mass is 673 g/mol. The van der Waals surface area contributed by atoms with Gasteiger partial charge in [-0.3, -0.25) is 0 Å². The number of hydrogen-bond acceptors (Lipinski definition) is 7. The first-order valence-electron chi connectivity index (χ1n) is 17.0. The van der Waals surface area contributed by atoms with Crippen molar-refractivity contribution in [2.45, 2.75) is 64.8 Å². The summed E-state index contributed by atoms with van der Waals surface area (Å²) in [5, 5.41) is 17.1. The van der Waals surface area contributed by atoms with E-state index in [-0.39, 0.29) is 23.6 Å². The molecule has 4 aromatic carbocycles. The Morgan fingerprint density at radius 3 is 2.16 bits per heavy atom. The van der Waals surface area contributed by atoms with Crippen LogP contribution in [0.15, 0.2) is 103 Å². The number of rotatable bonds is 13. The van der Waals surface area contributed by atoms with Gasteiger partial charge in [0.25, 0.3) is 8.32 Å². The second-order valence-electron chi connectivity index (χ2n) is 13.6. The van der Waals surface area contributed by atoms with E-state index in [1.165, 1.54) is 10.4 Å². The van der Waals surface area contributed by atoms with Gasteiger partial charge in [0.15, 0.2) is 5.82 Å². The van der Waals surface area contributed by atoms with Crippen molar-refractivity contribution in [3.05, 3.63) is 114 Å². The first-order chi connectivity index (χ1) is 23.7. The van der Waals surface area contributed by atoms with Crippen LogP contribution in [0.2, 0.25) is 5.04 Å². The number of aliphatic hydroxyl groups is 1. The van der Waals surface area contributed by atoms with Gasteiger partial charge in [0.05, 0.1) is 32.4 Å². The molecule has 2 aromatic heterocycles. The fourth-order valence-corrected chi connectivity index (χ4v) is 11.8. The number of nitrogens with two attached hydrogens (primary N) is 1. The van der Waals surface area contributed by atoms with Crippen LogP contribution in [0.4, 0.5) is 11.8 Å². The fraction of sp³-hybridized carbons (Fsp3) is 0.300. The third-order valence-electron chi connectivity index (χ3n) is 9.37. The summed E-state index contributed by atoms with van der Waals surface area (Å²) in [5.74, 6) is 1.62. The lowest BCUT2D eigenvalue weighted by atomic mass is 10.1. The summed E-state index contributed by atoms with van der Waals surface area (Å²) in [6.45, 7) is 10.0. The van der Waals surface area contributed by atoms with Gasteiger partial charge in [-0.2, -0.15) is 4.98 Å². The predicted molar refractivity (Wildman–Crippen MR) is 203 cm³/mol. The number of benzene rings is 4. The van der Waals surface area contributed by atoms with Gasteiger partial charge in [-0.25, -0.2) is 4.98 Å². The number of nitrogen functional groups attached to an aromatic ring is 1. The van der Waals surface area contributed by atoms with Crippen LogP contribution in [-0.2, 0) is 17.6 Å². The Kier molecular flexibility index (Phi) is 10.1. The van der Waals surface area contributed by atoms with E-state index < -0.39 is 8.32 Å². The number of nitrogens with one attached hydrogen (secondary N) is 1. The van der Waals surface area contributed by atoms with E-state index in [1.54, 1.807) is 7.11 Å². The van der Waals surface area contributed by atoms with Crippen molar-refractivity contribution in [1.29, 1.82) is 0 Å². The molecule has 4 N–H and O–H groups in total. The van der Waals surface area contributed by atoms with E-state index in [4.69, 9.17) is 24.9 Å². The number of hydrogen-bond donors (Lipinski definition) is 3. The number of nitrogens with zero attached hydrogens (tertiary/aromatic N) is 3. The summed E-state index contributed by atoms with van der Waals surface area (Å²) in [7, 11) is -1.10. The number of aromatic nitrogens is 3. The van der Waals surface area contributed by atoms with E-state index in [9.17, 15) is 5.11 Å². The van der Waals surface area contributed by atoms with Crippen molar-refractivity contribution in [3.63, 3.8) is 0 Å². The molecule has 0 bridgehead atoms. The molecule has 8 nitrogen and oxygen atoms in total. The van der Waals surface area contributed by atoms with E-state index in [2.05, 4.69) is 110 Å². The molecule has 0 saturated carbocycles. The lowest BCUT2D eigenvalue weighted by molar-refractivity contribution is 0.273. The molecule has 0 unspecified atom stereocenters. The van der Waals surface area contributed by atoms with Crippen LogP contribution in [0.3, 0.4) is 0 Å². The Morgan fingerprint density at radius 2 is 1.55 bits per heavy atom. The molecule has 0 amide bonds. The van der Waals surface area contributed by atoms with Crippen LogP contribution in [-0.4, -0.2) is 47.7 Å². The van der Waals surface area contributed by atoms with Gasteiger partial charge >= 0.3 is 0 Å². The minimum absolute atomic E-state index is 0.0529. The molecule has 6 aromatic rings. The van der Waals surface area contributed by atoms with Crippen molar-refractivity contribution in [1.82, 2.24) is 14.5 Å². The standard InChI is InChI=1S/C40H47N5O3Si/c1-6-15-30(27-48-49(40(2,3)4,31-16-9-7-10-17-31)32-18-11-8-12-19-32)42-38-37-36(43-39(41)44-38)33-20-13-14-21-34(33)45(37)25-29-24-28(26-46)22-23-35(29)47-5/h7-14,16-24,30,46H,6,15,25-27H2,1-5H3,(H3,41,42,43,44)/t30-/m0/s1. The van der Waals surface area contributed by atoms with Crippen LogP contribution in [0.1, 0.15) is 51.7 Å². The topological polar surface area (TPSA) is 107 Å². The molecule has 2 heterocycles. The molecule has 0 aliphatic rings. The molecule has 254 valence electrons. The molecule has 0 radical (unpaired) electrons. The molecular formula is C40H47N5O3Si. The second-order valence-corrected chi connectivity index (χ2v) is 17.9. The van der Waals surface area contributed by atoms with Gasteiger partial charge in [-0.15, -0.1) is 0 Å². The fourth-order valence-electron chi connectivity index (χ4n) is 7.16. The van der Waals surface area contributed by atoms with Crippen molar-refractivity contribution >= 4 is 52.4 Å². The second kappa shape index (κ2) is 14.4. The SMILES string of the molecule is CCC[C@@H](CO[Si](c1ccccc1)(c1ccccc1)C(C)(C)C)Nc1nc(N)nc2c3ccccc3n(Cc3cc(CO)ccc3OC)c12. The Hall–Kier alpha value is -4.70. The zero-order valence-corrected chi connectivity index (χ0v) is 30.1. The van der Waals surface area contributed by atoms with E-state index in [0.29, 0.717) is 19.0 Å². The molecule has 49 heavy (non-hydrogen) atoms. The molecule has 0 fully saturated rings. The summed E-state index contributed by atoms with van der Waals surface area (Å²) in [5.41, 5.74) is 10.8. The average molecular weight is 674 g/mol.